The summed E-state index contributed by atoms with van der Waals surface area (Å²) in [7, 11) is 0. The number of carbonyl (C=O) groups excluding carboxylic acids is 2. The van der Waals surface area contributed by atoms with Gasteiger partial charge in [-0.2, -0.15) is 0 Å². The van der Waals surface area contributed by atoms with Crippen LogP contribution in [-0.2, 0) is 4.79 Å². The van der Waals surface area contributed by atoms with Crippen molar-refractivity contribution in [1.29, 1.82) is 0 Å². The summed E-state index contributed by atoms with van der Waals surface area (Å²) in [6.07, 6.45) is 1.45. The molecule has 27 heavy (non-hydrogen) atoms. The Morgan fingerprint density at radius 2 is 1.67 bits per heavy atom. The third kappa shape index (κ3) is 4.92. The fourth-order valence-electron chi connectivity index (χ4n) is 2.43. The Labute approximate surface area is 157 Å². The highest BCUT2D eigenvalue weighted by atomic mass is 16.5. The normalized spacial score (nSPS) is 10.1. The fraction of sp³-hybridized carbons (Fsp3) is 0.0952. The van der Waals surface area contributed by atoms with Crippen LogP contribution in [-0.4, -0.2) is 23.4 Å². The number of carbonyl (C=O) groups is 2. The van der Waals surface area contributed by atoms with Crippen molar-refractivity contribution in [2.45, 2.75) is 6.92 Å². The molecule has 0 atom stereocenters. The second-order valence-electron chi connectivity index (χ2n) is 5.84. The molecule has 6 heteroatoms. The molecule has 0 bridgehead atoms. The molecule has 1 heterocycles. The maximum atomic E-state index is 12.0. The number of hydrogen-bond donors (Lipinski definition) is 2. The third-order valence-corrected chi connectivity index (χ3v) is 3.82. The Morgan fingerprint density at radius 3 is 2.41 bits per heavy atom. The predicted octanol–water partition coefficient (Wildman–Crippen LogP) is 2.90. The Bertz CT molecular complexity index is 925. The average molecular weight is 361 g/mol. The van der Waals surface area contributed by atoms with Crippen LogP contribution in [0, 0.1) is 6.92 Å². The van der Waals surface area contributed by atoms with Gasteiger partial charge in [0, 0.05) is 17.5 Å². The lowest BCUT2D eigenvalue weighted by Gasteiger charge is -2.12. The topological polar surface area (TPSA) is 80.3 Å². The molecule has 3 aromatic rings. The van der Waals surface area contributed by atoms with E-state index in [1.807, 2.05) is 55.5 Å². The first-order valence-electron chi connectivity index (χ1n) is 8.42. The Hall–Kier alpha value is -3.67. The van der Waals surface area contributed by atoms with Gasteiger partial charge in [0.15, 0.2) is 6.61 Å². The van der Waals surface area contributed by atoms with E-state index in [1.165, 1.54) is 6.20 Å². The molecule has 3 rings (SSSR count). The molecule has 136 valence electrons. The molecule has 0 saturated heterocycles. The largest absolute Gasteiger partial charge is 0.483 e. The van der Waals surface area contributed by atoms with Crippen molar-refractivity contribution < 1.29 is 14.3 Å². The summed E-state index contributed by atoms with van der Waals surface area (Å²) < 4.78 is 5.63. The summed E-state index contributed by atoms with van der Waals surface area (Å²) >= 11 is 0. The van der Waals surface area contributed by atoms with Crippen molar-refractivity contribution in [2.24, 2.45) is 0 Å². The quantitative estimate of drug-likeness (QED) is 0.685. The Balaban J connectivity index is 1.55. The number of nitrogens with zero attached hydrogens (tertiary/aromatic N) is 1. The number of rotatable bonds is 5. The summed E-state index contributed by atoms with van der Waals surface area (Å²) in [5, 5.41) is 0. The molecule has 0 radical (unpaired) electrons. The van der Waals surface area contributed by atoms with Gasteiger partial charge in [-0.05, 0) is 30.7 Å². The zero-order chi connectivity index (χ0) is 19.1. The molecule has 0 spiro atoms. The molecule has 1 aromatic heterocycles. The van der Waals surface area contributed by atoms with Gasteiger partial charge in [0.2, 0.25) is 0 Å². The zero-order valence-corrected chi connectivity index (χ0v) is 14.8. The van der Waals surface area contributed by atoms with Gasteiger partial charge in [-0.3, -0.25) is 25.4 Å². The molecule has 0 aliphatic rings. The van der Waals surface area contributed by atoms with Gasteiger partial charge in [-0.1, -0.05) is 48.5 Å². The summed E-state index contributed by atoms with van der Waals surface area (Å²) in [6, 6.07) is 20.6. The predicted molar refractivity (Wildman–Crippen MR) is 102 cm³/mol. The molecule has 0 saturated carbocycles. The van der Waals surface area contributed by atoms with Crippen LogP contribution >= 0.6 is 0 Å². The number of amides is 2. The van der Waals surface area contributed by atoms with Gasteiger partial charge in [0.05, 0.1) is 5.56 Å². The lowest BCUT2D eigenvalue weighted by Crippen LogP contribution is -2.43. The molecule has 2 aromatic carbocycles. The van der Waals surface area contributed by atoms with Crippen molar-refractivity contribution >= 4 is 11.8 Å². The van der Waals surface area contributed by atoms with Crippen LogP contribution in [0.15, 0.2) is 72.9 Å². The summed E-state index contributed by atoms with van der Waals surface area (Å²) in [5.74, 6) is -0.320. The van der Waals surface area contributed by atoms with Crippen LogP contribution in [0.4, 0.5) is 0 Å². The first kappa shape index (κ1) is 18.1. The zero-order valence-electron chi connectivity index (χ0n) is 14.8. The Morgan fingerprint density at radius 1 is 0.926 bits per heavy atom. The smallest absolute Gasteiger partial charge is 0.276 e. The first-order chi connectivity index (χ1) is 13.1. The number of pyridine rings is 1. The average Bonchev–Trinajstić information content (AvgIpc) is 2.72. The van der Waals surface area contributed by atoms with Crippen molar-refractivity contribution in [3.05, 3.63) is 84.2 Å². The summed E-state index contributed by atoms with van der Waals surface area (Å²) in [5.41, 5.74) is 7.72. The van der Waals surface area contributed by atoms with E-state index in [1.54, 1.807) is 18.2 Å². The number of aryl methyl sites for hydroxylation is 1. The third-order valence-electron chi connectivity index (χ3n) is 3.82. The lowest BCUT2D eigenvalue weighted by atomic mass is 10.1. The van der Waals surface area contributed by atoms with E-state index in [4.69, 9.17) is 4.74 Å². The second-order valence-corrected chi connectivity index (χ2v) is 5.84. The molecular formula is C21H19N3O3. The van der Waals surface area contributed by atoms with E-state index in [0.29, 0.717) is 11.3 Å². The van der Waals surface area contributed by atoms with E-state index in [-0.39, 0.29) is 6.61 Å². The number of hydrogen-bond acceptors (Lipinski definition) is 4. The molecule has 0 unspecified atom stereocenters. The van der Waals surface area contributed by atoms with E-state index < -0.39 is 11.8 Å². The number of benzene rings is 2. The standard InChI is InChI=1S/C21H19N3O3/c1-15-11-12-17(13-22-15)21(26)24-23-20(25)14-27-19-10-6-5-9-18(19)16-7-3-2-4-8-16/h2-13H,14H2,1H3,(H,23,25)(H,24,26). The van der Waals surface area contributed by atoms with Crippen LogP contribution in [0.25, 0.3) is 11.1 Å². The van der Waals surface area contributed by atoms with Crippen molar-refractivity contribution in [3.63, 3.8) is 0 Å². The maximum Gasteiger partial charge on any atom is 0.276 e. The number of ether oxygens (including phenoxy) is 1. The van der Waals surface area contributed by atoms with E-state index >= 15 is 0 Å². The minimum absolute atomic E-state index is 0.226. The van der Waals surface area contributed by atoms with E-state index in [2.05, 4.69) is 15.8 Å². The fourth-order valence-corrected chi connectivity index (χ4v) is 2.43. The molecule has 0 aliphatic heterocycles. The van der Waals surface area contributed by atoms with Gasteiger partial charge in [0.1, 0.15) is 5.75 Å². The van der Waals surface area contributed by atoms with Crippen LogP contribution in [0.1, 0.15) is 16.1 Å². The molecule has 0 aliphatic carbocycles. The molecule has 6 nitrogen and oxygen atoms in total. The maximum absolute atomic E-state index is 12.0. The number of aromatic nitrogens is 1. The van der Waals surface area contributed by atoms with Crippen molar-refractivity contribution in [2.75, 3.05) is 6.61 Å². The van der Waals surface area contributed by atoms with Crippen LogP contribution < -0.4 is 15.6 Å². The van der Waals surface area contributed by atoms with Crippen molar-refractivity contribution in [3.8, 4) is 16.9 Å². The Kier molecular flexibility index (Phi) is 5.79. The first-order valence-corrected chi connectivity index (χ1v) is 8.42. The van der Waals surface area contributed by atoms with Crippen LogP contribution in [0.2, 0.25) is 0 Å². The van der Waals surface area contributed by atoms with Crippen LogP contribution in [0.3, 0.4) is 0 Å². The van der Waals surface area contributed by atoms with Gasteiger partial charge in [-0.25, -0.2) is 0 Å². The highest BCUT2D eigenvalue weighted by Crippen LogP contribution is 2.29. The summed E-state index contributed by atoms with van der Waals surface area (Å²) in [4.78, 5) is 28.0. The van der Waals surface area contributed by atoms with Gasteiger partial charge in [0.25, 0.3) is 11.8 Å². The molecule has 0 fully saturated rings. The van der Waals surface area contributed by atoms with Crippen LogP contribution in [0.5, 0.6) is 5.75 Å². The molecular weight excluding hydrogens is 342 g/mol. The number of para-hydroxylation sites is 1. The van der Waals surface area contributed by atoms with Crippen molar-refractivity contribution in [1.82, 2.24) is 15.8 Å². The van der Waals surface area contributed by atoms with Gasteiger partial charge in [-0.15, -0.1) is 0 Å². The molecule has 2 amide bonds. The lowest BCUT2D eigenvalue weighted by molar-refractivity contribution is -0.123. The minimum Gasteiger partial charge on any atom is -0.483 e. The number of hydrazine groups is 1. The molecule has 2 N–H and O–H groups in total. The van der Waals surface area contributed by atoms with E-state index in [9.17, 15) is 9.59 Å². The number of nitrogens with one attached hydrogen (secondary N) is 2. The minimum atomic E-state index is -0.466. The van der Waals surface area contributed by atoms with Gasteiger partial charge < -0.3 is 4.74 Å². The van der Waals surface area contributed by atoms with E-state index in [0.717, 1.165) is 16.8 Å². The van der Waals surface area contributed by atoms with Gasteiger partial charge >= 0.3 is 0 Å². The second kappa shape index (κ2) is 8.62. The highest BCUT2D eigenvalue weighted by Gasteiger charge is 2.10. The monoisotopic (exact) mass is 361 g/mol. The SMILES string of the molecule is Cc1ccc(C(=O)NNC(=O)COc2ccccc2-c2ccccc2)cn1. The highest BCUT2D eigenvalue weighted by molar-refractivity contribution is 5.95. The summed E-state index contributed by atoms with van der Waals surface area (Å²) in [6.45, 7) is 1.60.